The average molecular weight is 342 g/mol. The second-order valence-electron chi connectivity index (χ2n) is 6.37. The Balaban J connectivity index is 1.56. The van der Waals surface area contributed by atoms with Crippen molar-refractivity contribution in [3.05, 3.63) is 54.1 Å². The number of pyridine rings is 1. The zero-order valence-electron chi connectivity index (χ0n) is 14.7. The summed E-state index contributed by atoms with van der Waals surface area (Å²) in [5.41, 5.74) is 2.30. The van der Waals surface area contributed by atoms with Gasteiger partial charge in [-0.15, -0.1) is 0 Å². The highest BCUT2D eigenvalue weighted by Gasteiger charge is 2.23. The fourth-order valence-corrected chi connectivity index (χ4v) is 3.22. The minimum Gasteiger partial charge on any atom is -0.379 e. The van der Waals surface area contributed by atoms with Crippen LogP contribution in [0.4, 0.5) is 0 Å². The molecule has 1 aliphatic rings. The van der Waals surface area contributed by atoms with Crippen LogP contribution in [0.3, 0.4) is 0 Å². The van der Waals surface area contributed by atoms with Gasteiger partial charge in [0.2, 0.25) is 5.91 Å². The van der Waals surface area contributed by atoms with Crippen LogP contribution >= 0.6 is 0 Å². The number of nitrogens with zero attached hydrogens (tertiary/aromatic N) is 3. The Bertz CT molecular complexity index is 665. The number of carbonyl (C=O) groups is 1. The van der Waals surface area contributed by atoms with Gasteiger partial charge < -0.3 is 14.6 Å². The molecule has 2 aromatic rings. The standard InChI is InChI=1S/C19H26N4O2/c1-22-9-3-5-17(22)6-7-19(24)21-15-18(16-4-2-8-20-14-16)23-10-12-25-13-11-23/h2-5,8-9,14,18H,6-7,10-13,15H2,1H3,(H,21,24)/t18-/m1/s1. The summed E-state index contributed by atoms with van der Waals surface area (Å²) in [5.74, 6) is 0.0864. The topological polar surface area (TPSA) is 59.4 Å². The van der Waals surface area contributed by atoms with Crippen LogP contribution in [0, 0.1) is 0 Å². The fourth-order valence-electron chi connectivity index (χ4n) is 3.22. The Morgan fingerprint density at radius 1 is 1.32 bits per heavy atom. The van der Waals surface area contributed by atoms with Gasteiger partial charge in [-0.2, -0.15) is 0 Å². The number of aromatic nitrogens is 2. The summed E-state index contributed by atoms with van der Waals surface area (Å²) < 4.78 is 7.51. The van der Waals surface area contributed by atoms with Gasteiger partial charge >= 0.3 is 0 Å². The van der Waals surface area contributed by atoms with Crippen LogP contribution in [0.15, 0.2) is 42.9 Å². The molecule has 0 spiro atoms. The van der Waals surface area contributed by atoms with Crippen molar-refractivity contribution in [1.29, 1.82) is 0 Å². The van der Waals surface area contributed by atoms with Gasteiger partial charge in [-0.1, -0.05) is 6.07 Å². The molecule has 0 aromatic carbocycles. The second kappa shape index (κ2) is 8.78. The van der Waals surface area contributed by atoms with Gasteiger partial charge in [-0.3, -0.25) is 14.7 Å². The van der Waals surface area contributed by atoms with Crippen LogP contribution in [-0.2, 0) is 23.0 Å². The molecule has 1 atom stereocenters. The smallest absolute Gasteiger partial charge is 0.220 e. The molecule has 25 heavy (non-hydrogen) atoms. The number of aryl methyl sites for hydroxylation is 2. The summed E-state index contributed by atoms with van der Waals surface area (Å²) in [7, 11) is 2.00. The molecule has 1 saturated heterocycles. The Morgan fingerprint density at radius 2 is 2.16 bits per heavy atom. The largest absolute Gasteiger partial charge is 0.379 e. The number of hydrogen-bond acceptors (Lipinski definition) is 4. The second-order valence-corrected chi connectivity index (χ2v) is 6.37. The molecular formula is C19H26N4O2. The highest BCUT2D eigenvalue weighted by Crippen LogP contribution is 2.20. The van der Waals surface area contributed by atoms with Crippen LogP contribution in [-0.4, -0.2) is 53.2 Å². The van der Waals surface area contributed by atoms with Crippen LogP contribution in [0.2, 0.25) is 0 Å². The number of hydrogen-bond donors (Lipinski definition) is 1. The highest BCUT2D eigenvalue weighted by atomic mass is 16.5. The molecule has 2 aromatic heterocycles. The predicted octanol–water partition coefficient (Wildman–Crippen LogP) is 1.54. The van der Waals surface area contributed by atoms with Crippen LogP contribution in [0.5, 0.6) is 0 Å². The van der Waals surface area contributed by atoms with Gasteiger partial charge in [0, 0.05) is 57.4 Å². The summed E-state index contributed by atoms with van der Waals surface area (Å²) >= 11 is 0. The van der Waals surface area contributed by atoms with E-state index in [0.717, 1.165) is 38.3 Å². The van der Waals surface area contributed by atoms with Crippen molar-refractivity contribution < 1.29 is 9.53 Å². The molecule has 3 rings (SSSR count). The molecule has 0 aliphatic carbocycles. The molecule has 6 heteroatoms. The van der Waals surface area contributed by atoms with Gasteiger partial charge in [0.05, 0.1) is 19.3 Å². The Kier molecular flexibility index (Phi) is 6.19. The van der Waals surface area contributed by atoms with Crippen molar-refractivity contribution in [2.75, 3.05) is 32.8 Å². The lowest BCUT2D eigenvalue weighted by atomic mass is 10.1. The van der Waals surface area contributed by atoms with Crippen molar-refractivity contribution in [2.45, 2.75) is 18.9 Å². The first kappa shape index (κ1) is 17.6. The number of carbonyl (C=O) groups excluding carboxylic acids is 1. The van der Waals surface area contributed by atoms with Crippen LogP contribution in [0.1, 0.15) is 23.7 Å². The molecule has 0 unspecified atom stereocenters. The van der Waals surface area contributed by atoms with Crippen molar-refractivity contribution in [3.63, 3.8) is 0 Å². The third-order valence-corrected chi connectivity index (χ3v) is 4.71. The zero-order valence-corrected chi connectivity index (χ0v) is 14.7. The normalized spacial score (nSPS) is 16.5. The van der Waals surface area contributed by atoms with Crippen molar-refractivity contribution in [3.8, 4) is 0 Å². The maximum atomic E-state index is 12.3. The first-order valence-corrected chi connectivity index (χ1v) is 8.82. The number of morpholine rings is 1. The predicted molar refractivity (Wildman–Crippen MR) is 96.1 cm³/mol. The maximum absolute atomic E-state index is 12.3. The molecule has 0 radical (unpaired) electrons. The van der Waals surface area contributed by atoms with E-state index >= 15 is 0 Å². The van der Waals surface area contributed by atoms with Crippen LogP contribution in [0.25, 0.3) is 0 Å². The third kappa shape index (κ3) is 4.90. The monoisotopic (exact) mass is 342 g/mol. The molecule has 1 N–H and O–H groups in total. The molecule has 134 valence electrons. The summed E-state index contributed by atoms with van der Waals surface area (Å²) in [6, 6.07) is 8.21. The van der Waals surface area contributed by atoms with Crippen molar-refractivity contribution in [2.24, 2.45) is 7.05 Å². The molecule has 1 aliphatic heterocycles. The number of ether oxygens (including phenoxy) is 1. The van der Waals surface area contributed by atoms with Crippen LogP contribution < -0.4 is 5.32 Å². The Labute approximate surface area is 148 Å². The first-order valence-electron chi connectivity index (χ1n) is 8.82. The number of rotatable bonds is 7. The molecule has 6 nitrogen and oxygen atoms in total. The van der Waals surface area contributed by atoms with E-state index in [1.807, 2.05) is 31.6 Å². The lowest BCUT2D eigenvalue weighted by molar-refractivity contribution is -0.121. The summed E-state index contributed by atoms with van der Waals surface area (Å²) in [6.45, 7) is 3.81. The molecule has 0 bridgehead atoms. The average Bonchev–Trinajstić information content (AvgIpc) is 3.07. The van der Waals surface area contributed by atoms with E-state index in [1.54, 1.807) is 6.20 Å². The van der Waals surface area contributed by atoms with E-state index in [2.05, 4.69) is 31.9 Å². The minimum absolute atomic E-state index is 0.0864. The fraction of sp³-hybridized carbons (Fsp3) is 0.474. The van der Waals surface area contributed by atoms with E-state index in [1.165, 1.54) is 5.69 Å². The molecule has 3 heterocycles. The molecule has 1 fully saturated rings. The quantitative estimate of drug-likeness (QED) is 0.829. The zero-order chi connectivity index (χ0) is 17.5. The minimum atomic E-state index is 0.0864. The lowest BCUT2D eigenvalue weighted by Crippen LogP contribution is -2.43. The van der Waals surface area contributed by atoms with E-state index in [9.17, 15) is 4.79 Å². The number of amides is 1. The lowest BCUT2D eigenvalue weighted by Gasteiger charge is -2.34. The first-order chi connectivity index (χ1) is 12.2. The number of nitrogens with one attached hydrogen (secondary N) is 1. The van der Waals surface area contributed by atoms with Gasteiger partial charge in [0.1, 0.15) is 0 Å². The third-order valence-electron chi connectivity index (χ3n) is 4.71. The maximum Gasteiger partial charge on any atom is 0.220 e. The Hall–Kier alpha value is -2.18. The van der Waals surface area contributed by atoms with Gasteiger partial charge in [0.25, 0.3) is 0 Å². The highest BCUT2D eigenvalue weighted by molar-refractivity contribution is 5.76. The van der Waals surface area contributed by atoms with Gasteiger partial charge in [-0.25, -0.2) is 0 Å². The summed E-state index contributed by atoms with van der Waals surface area (Å²) in [6.07, 6.45) is 6.92. The van der Waals surface area contributed by atoms with E-state index in [0.29, 0.717) is 13.0 Å². The molecule has 1 amide bonds. The van der Waals surface area contributed by atoms with Crippen molar-refractivity contribution in [1.82, 2.24) is 19.8 Å². The summed E-state index contributed by atoms with van der Waals surface area (Å²) in [5, 5.41) is 3.10. The summed E-state index contributed by atoms with van der Waals surface area (Å²) in [4.78, 5) is 18.9. The Morgan fingerprint density at radius 3 is 2.84 bits per heavy atom. The van der Waals surface area contributed by atoms with E-state index in [4.69, 9.17) is 4.74 Å². The molecular weight excluding hydrogens is 316 g/mol. The molecule has 0 saturated carbocycles. The van der Waals surface area contributed by atoms with Crippen molar-refractivity contribution >= 4 is 5.91 Å². The van der Waals surface area contributed by atoms with E-state index < -0.39 is 0 Å². The van der Waals surface area contributed by atoms with Gasteiger partial charge in [-0.05, 0) is 30.2 Å². The van der Waals surface area contributed by atoms with E-state index in [-0.39, 0.29) is 11.9 Å². The SMILES string of the molecule is Cn1cccc1CCC(=O)NC[C@H](c1cccnc1)N1CCOCC1. The van der Waals surface area contributed by atoms with Gasteiger partial charge in [0.15, 0.2) is 0 Å².